The predicted octanol–water partition coefficient (Wildman–Crippen LogP) is 3.95. The number of thiazole rings is 1. The van der Waals surface area contributed by atoms with Crippen molar-refractivity contribution >= 4 is 28.8 Å². The summed E-state index contributed by atoms with van der Waals surface area (Å²) in [6, 6.07) is 2.37. The van der Waals surface area contributed by atoms with Gasteiger partial charge in [-0.05, 0) is 49.6 Å². The summed E-state index contributed by atoms with van der Waals surface area (Å²) in [6.45, 7) is 5.60. The summed E-state index contributed by atoms with van der Waals surface area (Å²) >= 11 is 0.851. The summed E-state index contributed by atoms with van der Waals surface area (Å²) in [5.41, 5.74) is 1.96. The highest BCUT2D eigenvalue weighted by molar-refractivity contribution is 7.09. The number of aryl methyl sites for hydroxylation is 2. The molecule has 0 bridgehead atoms. The van der Waals surface area contributed by atoms with Crippen LogP contribution in [-0.2, 0) is 11.2 Å². The Balaban J connectivity index is 1.86. The standard InChI is InChI=1S/C19H18F3N3O2S/c1-3-15(26)25-8-4-5-12-9-13(6-7-14(12)25)17(27)24-16(19(20,21)22)18-23-11(2)10-28-18/h3,6-7,9-10,16H,1,4-5,8H2,2H3,(H,24,27). The number of nitrogens with zero attached hydrogens (tertiary/aromatic N) is 2. The molecule has 1 atom stereocenters. The van der Waals surface area contributed by atoms with Crippen LogP contribution in [0.2, 0.25) is 0 Å². The van der Waals surface area contributed by atoms with E-state index in [4.69, 9.17) is 0 Å². The average molecular weight is 409 g/mol. The number of amides is 2. The van der Waals surface area contributed by atoms with Crippen molar-refractivity contribution in [3.63, 3.8) is 0 Å². The molecule has 9 heteroatoms. The van der Waals surface area contributed by atoms with Crippen LogP contribution < -0.4 is 10.2 Å². The SMILES string of the molecule is C=CC(=O)N1CCCc2cc(C(=O)NC(c3nc(C)cs3)C(F)(F)F)ccc21. The maximum Gasteiger partial charge on any atom is 0.415 e. The second-order valence-electron chi connectivity index (χ2n) is 6.42. The first-order valence-electron chi connectivity index (χ1n) is 8.57. The molecule has 148 valence electrons. The van der Waals surface area contributed by atoms with Gasteiger partial charge < -0.3 is 10.2 Å². The van der Waals surface area contributed by atoms with Crippen LogP contribution in [0.5, 0.6) is 0 Å². The maximum atomic E-state index is 13.4. The van der Waals surface area contributed by atoms with E-state index in [1.54, 1.807) is 17.9 Å². The molecule has 1 N–H and O–H groups in total. The minimum atomic E-state index is -4.67. The van der Waals surface area contributed by atoms with E-state index < -0.39 is 18.1 Å². The molecule has 1 aliphatic rings. The number of halogens is 3. The van der Waals surface area contributed by atoms with Gasteiger partial charge >= 0.3 is 6.18 Å². The first-order valence-corrected chi connectivity index (χ1v) is 9.45. The molecular formula is C19H18F3N3O2S. The molecule has 0 aliphatic carbocycles. The molecule has 28 heavy (non-hydrogen) atoms. The zero-order valence-electron chi connectivity index (χ0n) is 15.0. The molecule has 1 aliphatic heterocycles. The smallest absolute Gasteiger partial charge is 0.335 e. The topological polar surface area (TPSA) is 62.3 Å². The molecule has 1 aromatic heterocycles. The summed E-state index contributed by atoms with van der Waals surface area (Å²) < 4.78 is 40.3. The third-order valence-corrected chi connectivity index (χ3v) is 5.41. The normalized spacial score (nSPS) is 14.9. The zero-order chi connectivity index (χ0) is 20.5. The minimum Gasteiger partial charge on any atom is -0.335 e. The molecule has 0 spiro atoms. The van der Waals surface area contributed by atoms with Gasteiger partial charge in [-0.15, -0.1) is 11.3 Å². The highest BCUT2D eigenvalue weighted by Crippen LogP contribution is 2.35. The van der Waals surface area contributed by atoms with Crippen LogP contribution in [0.3, 0.4) is 0 Å². The average Bonchev–Trinajstić information content (AvgIpc) is 3.09. The summed E-state index contributed by atoms with van der Waals surface area (Å²) in [5, 5.41) is 3.34. The molecular weight excluding hydrogens is 391 g/mol. The van der Waals surface area contributed by atoms with E-state index in [1.807, 2.05) is 5.32 Å². The van der Waals surface area contributed by atoms with Gasteiger partial charge in [0.2, 0.25) is 5.91 Å². The van der Waals surface area contributed by atoms with Crippen molar-refractivity contribution in [2.45, 2.75) is 32.0 Å². The highest BCUT2D eigenvalue weighted by Gasteiger charge is 2.44. The number of fused-ring (bicyclic) bond motifs is 1. The Morgan fingerprint density at radius 1 is 1.39 bits per heavy atom. The Morgan fingerprint density at radius 2 is 2.14 bits per heavy atom. The van der Waals surface area contributed by atoms with Crippen molar-refractivity contribution in [1.29, 1.82) is 0 Å². The van der Waals surface area contributed by atoms with E-state index in [0.29, 0.717) is 30.8 Å². The second kappa shape index (κ2) is 7.75. The Morgan fingerprint density at radius 3 is 2.75 bits per heavy atom. The molecule has 0 fully saturated rings. The fourth-order valence-corrected chi connectivity index (χ4v) is 3.95. The van der Waals surface area contributed by atoms with Crippen LogP contribution in [0, 0.1) is 6.92 Å². The van der Waals surface area contributed by atoms with Gasteiger partial charge in [0, 0.05) is 28.9 Å². The molecule has 0 saturated carbocycles. The number of benzene rings is 1. The Hall–Kier alpha value is -2.68. The lowest BCUT2D eigenvalue weighted by atomic mass is 9.98. The van der Waals surface area contributed by atoms with Crippen molar-refractivity contribution in [2.75, 3.05) is 11.4 Å². The summed E-state index contributed by atoms with van der Waals surface area (Å²) in [7, 11) is 0. The van der Waals surface area contributed by atoms with Gasteiger partial charge in [-0.1, -0.05) is 6.58 Å². The first kappa shape index (κ1) is 20.1. The fraction of sp³-hybridized carbons (Fsp3) is 0.316. The van der Waals surface area contributed by atoms with Gasteiger partial charge in [0.1, 0.15) is 5.01 Å². The van der Waals surface area contributed by atoms with Crippen molar-refractivity contribution in [3.05, 3.63) is 58.1 Å². The maximum absolute atomic E-state index is 13.4. The number of nitrogens with one attached hydrogen (secondary N) is 1. The fourth-order valence-electron chi connectivity index (χ4n) is 3.08. The number of anilines is 1. The lowest BCUT2D eigenvalue weighted by Gasteiger charge is -2.29. The van der Waals surface area contributed by atoms with E-state index in [9.17, 15) is 22.8 Å². The number of aromatic nitrogens is 1. The third-order valence-electron chi connectivity index (χ3n) is 4.39. The molecule has 0 radical (unpaired) electrons. The Labute approximate surface area is 163 Å². The molecule has 1 aromatic carbocycles. The van der Waals surface area contributed by atoms with Gasteiger partial charge in [-0.25, -0.2) is 4.98 Å². The van der Waals surface area contributed by atoms with Gasteiger partial charge in [0.25, 0.3) is 5.91 Å². The third kappa shape index (κ3) is 4.09. The van der Waals surface area contributed by atoms with Gasteiger partial charge in [-0.2, -0.15) is 13.2 Å². The van der Waals surface area contributed by atoms with Crippen LogP contribution in [0.15, 0.2) is 36.2 Å². The number of alkyl halides is 3. The molecule has 2 amide bonds. The first-order chi connectivity index (χ1) is 13.2. The summed E-state index contributed by atoms with van der Waals surface area (Å²) in [5.74, 6) is -1.10. The number of rotatable bonds is 4. The van der Waals surface area contributed by atoms with Gasteiger partial charge in [0.05, 0.1) is 0 Å². The Kier molecular flexibility index (Phi) is 5.55. The lowest BCUT2D eigenvalue weighted by Crippen LogP contribution is -2.38. The molecule has 2 heterocycles. The van der Waals surface area contributed by atoms with Crippen molar-refractivity contribution in [3.8, 4) is 0 Å². The number of hydrogen-bond acceptors (Lipinski definition) is 4. The zero-order valence-corrected chi connectivity index (χ0v) is 15.9. The largest absolute Gasteiger partial charge is 0.415 e. The molecule has 2 aromatic rings. The number of carbonyl (C=O) groups excluding carboxylic acids is 2. The van der Waals surface area contributed by atoms with E-state index in [2.05, 4.69) is 11.6 Å². The Bertz CT molecular complexity index is 923. The molecule has 3 rings (SSSR count). The van der Waals surface area contributed by atoms with Gasteiger partial charge in [0.15, 0.2) is 6.04 Å². The summed E-state index contributed by atoms with van der Waals surface area (Å²) in [6.07, 6.45) is -2.13. The number of hydrogen-bond donors (Lipinski definition) is 1. The van der Waals surface area contributed by atoms with Crippen molar-refractivity contribution < 1.29 is 22.8 Å². The molecule has 5 nitrogen and oxygen atoms in total. The quantitative estimate of drug-likeness (QED) is 0.778. The van der Waals surface area contributed by atoms with E-state index in [1.165, 1.54) is 23.6 Å². The van der Waals surface area contributed by atoms with Crippen molar-refractivity contribution in [1.82, 2.24) is 10.3 Å². The highest BCUT2D eigenvalue weighted by atomic mass is 32.1. The van der Waals surface area contributed by atoms with Crippen LogP contribution in [0.25, 0.3) is 0 Å². The predicted molar refractivity (Wildman–Crippen MR) is 100 cm³/mol. The van der Waals surface area contributed by atoms with Crippen LogP contribution in [-0.4, -0.2) is 29.5 Å². The van der Waals surface area contributed by atoms with E-state index >= 15 is 0 Å². The monoisotopic (exact) mass is 409 g/mol. The number of carbonyl (C=O) groups is 2. The van der Waals surface area contributed by atoms with Crippen LogP contribution in [0.4, 0.5) is 18.9 Å². The van der Waals surface area contributed by atoms with Crippen LogP contribution >= 0.6 is 11.3 Å². The van der Waals surface area contributed by atoms with Gasteiger partial charge in [-0.3, -0.25) is 9.59 Å². The van der Waals surface area contributed by atoms with E-state index in [0.717, 1.165) is 16.9 Å². The summed E-state index contributed by atoms with van der Waals surface area (Å²) in [4.78, 5) is 29.9. The molecule has 1 unspecified atom stereocenters. The minimum absolute atomic E-state index is 0.106. The van der Waals surface area contributed by atoms with Crippen LogP contribution in [0.1, 0.15) is 39.1 Å². The molecule has 0 saturated heterocycles. The second-order valence-corrected chi connectivity index (χ2v) is 7.31. The lowest BCUT2D eigenvalue weighted by molar-refractivity contribution is -0.155. The van der Waals surface area contributed by atoms with E-state index in [-0.39, 0.29) is 16.5 Å². The van der Waals surface area contributed by atoms with Crippen molar-refractivity contribution in [2.24, 2.45) is 0 Å².